The predicted molar refractivity (Wildman–Crippen MR) is 89.6 cm³/mol. The average molecular weight is 422 g/mol. The number of nitrogens with zero attached hydrogens (tertiary/aromatic N) is 1. The van der Waals surface area contributed by atoms with Gasteiger partial charge >= 0.3 is 5.97 Å². The van der Waals surface area contributed by atoms with Crippen molar-refractivity contribution in [3.8, 4) is 0 Å². The molecule has 1 aromatic carbocycles. The van der Waals surface area contributed by atoms with Gasteiger partial charge in [-0.3, -0.25) is 14.5 Å². The number of aryl methyl sites for hydroxylation is 1. The Kier molecular flexibility index (Phi) is 7.34. The summed E-state index contributed by atoms with van der Waals surface area (Å²) in [5.74, 6) is -1.18. The maximum Gasteiger partial charge on any atom is 0.317 e. The number of carbonyl (C=O) groups excluding carboxylic acids is 1. The number of rotatable bonds is 7. The Labute approximate surface area is 141 Å². The lowest BCUT2D eigenvalue weighted by molar-refractivity contribution is -0.138. The molecular formula is C14H18Br2N2O3. The number of benzene rings is 1. The zero-order chi connectivity index (χ0) is 16.0. The molecule has 5 nitrogen and oxygen atoms in total. The van der Waals surface area contributed by atoms with Gasteiger partial charge < -0.3 is 10.4 Å². The topological polar surface area (TPSA) is 69.6 Å². The Morgan fingerprint density at radius 3 is 2.29 bits per heavy atom. The summed E-state index contributed by atoms with van der Waals surface area (Å²) >= 11 is 6.82. The summed E-state index contributed by atoms with van der Waals surface area (Å²) < 4.78 is 1.56. The van der Waals surface area contributed by atoms with E-state index in [9.17, 15) is 9.59 Å². The Morgan fingerprint density at radius 2 is 1.81 bits per heavy atom. The Morgan fingerprint density at radius 1 is 1.24 bits per heavy atom. The van der Waals surface area contributed by atoms with E-state index in [4.69, 9.17) is 5.11 Å². The molecule has 0 saturated carbocycles. The fraction of sp³-hybridized carbons (Fsp3) is 0.429. The minimum absolute atomic E-state index is 0.0485. The normalized spacial score (nSPS) is 10.7. The molecule has 0 atom stereocenters. The molecule has 0 aliphatic carbocycles. The Bertz CT molecular complexity index is 512. The minimum atomic E-state index is -0.936. The van der Waals surface area contributed by atoms with E-state index in [1.807, 2.05) is 26.0 Å². The van der Waals surface area contributed by atoms with E-state index >= 15 is 0 Å². The van der Waals surface area contributed by atoms with Gasteiger partial charge in [-0.15, -0.1) is 0 Å². The number of aliphatic carboxylic acids is 1. The summed E-state index contributed by atoms with van der Waals surface area (Å²) in [7, 11) is 0. The zero-order valence-corrected chi connectivity index (χ0v) is 15.1. The van der Waals surface area contributed by atoms with Gasteiger partial charge in [-0.2, -0.15) is 0 Å². The van der Waals surface area contributed by atoms with Gasteiger partial charge in [0.2, 0.25) is 5.91 Å². The average Bonchev–Trinajstić information content (AvgIpc) is 2.33. The van der Waals surface area contributed by atoms with Crippen molar-refractivity contribution in [2.75, 3.05) is 25.0 Å². The summed E-state index contributed by atoms with van der Waals surface area (Å²) in [5, 5.41) is 11.6. The number of hydrogen-bond acceptors (Lipinski definition) is 3. The number of carboxylic acids is 1. The van der Waals surface area contributed by atoms with Crippen molar-refractivity contribution in [1.82, 2.24) is 4.90 Å². The molecule has 0 aliphatic rings. The summed E-state index contributed by atoms with van der Waals surface area (Å²) in [6.07, 6.45) is 0.790. The third-order valence-electron chi connectivity index (χ3n) is 2.72. The first-order valence-corrected chi connectivity index (χ1v) is 8.11. The molecule has 0 aromatic heterocycles. The number of carboxylic acid groups (broad SMARTS) is 1. The molecule has 0 saturated heterocycles. The third kappa shape index (κ3) is 6.15. The van der Waals surface area contributed by atoms with Gasteiger partial charge in [0.1, 0.15) is 0 Å². The fourth-order valence-electron chi connectivity index (χ4n) is 1.92. The molecule has 0 unspecified atom stereocenters. The summed E-state index contributed by atoms with van der Waals surface area (Å²) in [6.45, 7) is 4.37. The maximum absolute atomic E-state index is 12.1. The van der Waals surface area contributed by atoms with E-state index in [2.05, 4.69) is 37.2 Å². The van der Waals surface area contributed by atoms with Crippen molar-refractivity contribution in [2.24, 2.45) is 0 Å². The van der Waals surface area contributed by atoms with Crippen LogP contribution < -0.4 is 5.32 Å². The molecular weight excluding hydrogens is 404 g/mol. The fourth-order valence-corrected chi connectivity index (χ4v) is 3.54. The molecule has 0 heterocycles. The summed E-state index contributed by atoms with van der Waals surface area (Å²) in [6, 6.07) is 3.81. The smallest absolute Gasteiger partial charge is 0.317 e. The number of anilines is 1. The summed E-state index contributed by atoms with van der Waals surface area (Å²) in [4.78, 5) is 24.5. The van der Waals surface area contributed by atoms with Crippen LogP contribution in [0.2, 0.25) is 0 Å². The number of amides is 1. The molecule has 0 fully saturated rings. The molecule has 0 bridgehead atoms. The highest BCUT2D eigenvalue weighted by molar-refractivity contribution is 9.11. The second-order valence-corrected chi connectivity index (χ2v) is 6.46. The van der Waals surface area contributed by atoms with Crippen molar-refractivity contribution >= 4 is 49.4 Å². The van der Waals surface area contributed by atoms with Gasteiger partial charge in [-0.05, 0) is 69.4 Å². The van der Waals surface area contributed by atoms with Crippen molar-refractivity contribution in [3.63, 3.8) is 0 Å². The second kappa shape index (κ2) is 8.51. The van der Waals surface area contributed by atoms with Crippen LogP contribution in [-0.2, 0) is 9.59 Å². The first-order valence-electron chi connectivity index (χ1n) is 6.53. The van der Waals surface area contributed by atoms with Crippen LogP contribution in [-0.4, -0.2) is 41.5 Å². The van der Waals surface area contributed by atoms with Gasteiger partial charge in [0.05, 0.1) is 18.8 Å². The maximum atomic E-state index is 12.1. The highest BCUT2D eigenvalue weighted by atomic mass is 79.9. The van der Waals surface area contributed by atoms with Crippen LogP contribution in [0, 0.1) is 6.92 Å². The molecule has 7 heteroatoms. The van der Waals surface area contributed by atoms with Crippen LogP contribution in [0.5, 0.6) is 0 Å². The van der Waals surface area contributed by atoms with E-state index < -0.39 is 5.97 Å². The van der Waals surface area contributed by atoms with Crippen molar-refractivity contribution in [3.05, 3.63) is 26.6 Å². The second-order valence-electron chi connectivity index (χ2n) is 4.76. The SMILES string of the molecule is CCCN(CC(=O)O)CC(=O)Nc1c(Br)cc(C)cc1Br. The van der Waals surface area contributed by atoms with E-state index in [0.29, 0.717) is 12.2 Å². The highest BCUT2D eigenvalue weighted by Crippen LogP contribution is 2.32. The molecule has 1 amide bonds. The number of hydrogen-bond donors (Lipinski definition) is 2. The monoisotopic (exact) mass is 420 g/mol. The van der Waals surface area contributed by atoms with Crippen LogP contribution in [0.3, 0.4) is 0 Å². The molecule has 1 aromatic rings. The lowest BCUT2D eigenvalue weighted by atomic mass is 10.2. The number of halogens is 2. The quantitative estimate of drug-likeness (QED) is 0.708. The van der Waals surface area contributed by atoms with E-state index in [-0.39, 0.29) is 19.0 Å². The molecule has 0 aliphatic heterocycles. The first-order chi connectivity index (χ1) is 9.83. The van der Waals surface area contributed by atoms with Crippen LogP contribution in [0.1, 0.15) is 18.9 Å². The van der Waals surface area contributed by atoms with Gasteiger partial charge in [-0.1, -0.05) is 6.92 Å². The van der Waals surface area contributed by atoms with Crippen LogP contribution >= 0.6 is 31.9 Å². The van der Waals surface area contributed by atoms with Crippen molar-refractivity contribution < 1.29 is 14.7 Å². The Hall–Kier alpha value is -0.920. The molecule has 1 rings (SSSR count). The molecule has 116 valence electrons. The van der Waals surface area contributed by atoms with Crippen molar-refractivity contribution in [2.45, 2.75) is 20.3 Å². The van der Waals surface area contributed by atoms with Gasteiger partial charge in [-0.25, -0.2) is 0 Å². The highest BCUT2D eigenvalue weighted by Gasteiger charge is 2.15. The third-order valence-corrected chi connectivity index (χ3v) is 3.97. The van der Waals surface area contributed by atoms with Crippen LogP contribution in [0.25, 0.3) is 0 Å². The van der Waals surface area contributed by atoms with Gasteiger partial charge in [0.15, 0.2) is 0 Å². The minimum Gasteiger partial charge on any atom is -0.480 e. The van der Waals surface area contributed by atoms with E-state index in [1.54, 1.807) is 4.90 Å². The predicted octanol–water partition coefficient (Wildman–Crippen LogP) is 3.26. The Balaban J connectivity index is 2.74. The van der Waals surface area contributed by atoms with Crippen LogP contribution in [0.4, 0.5) is 5.69 Å². The molecule has 2 N–H and O–H groups in total. The zero-order valence-electron chi connectivity index (χ0n) is 11.9. The van der Waals surface area contributed by atoms with Crippen molar-refractivity contribution in [1.29, 1.82) is 0 Å². The largest absolute Gasteiger partial charge is 0.480 e. The number of carbonyl (C=O) groups is 2. The lowest BCUT2D eigenvalue weighted by Crippen LogP contribution is -2.37. The summed E-state index contributed by atoms with van der Waals surface area (Å²) in [5.41, 5.74) is 1.71. The first kappa shape index (κ1) is 18.1. The van der Waals surface area contributed by atoms with E-state index in [1.165, 1.54) is 0 Å². The molecule has 0 spiro atoms. The van der Waals surface area contributed by atoms with E-state index in [0.717, 1.165) is 20.9 Å². The molecule has 21 heavy (non-hydrogen) atoms. The van der Waals surface area contributed by atoms with Crippen LogP contribution in [0.15, 0.2) is 21.1 Å². The van der Waals surface area contributed by atoms with Gasteiger partial charge in [0.25, 0.3) is 0 Å². The van der Waals surface area contributed by atoms with Gasteiger partial charge in [0, 0.05) is 8.95 Å². The molecule has 0 radical (unpaired) electrons. The lowest BCUT2D eigenvalue weighted by Gasteiger charge is -2.19. The number of nitrogens with one attached hydrogen (secondary N) is 1. The standard InChI is InChI=1S/C14H18Br2N2O3/c1-3-4-18(8-13(20)21)7-12(19)17-14-10(15)5-9(2)6-11(14)16/h5-6H,3-4,7-8H2,1-2H3,(H,17,19)(H,20,21).